The quantitative estimate of drug-likeness (QED) is 0.518. The minimum absolute atomic E-state index is 0.264. The molecule has 0 N–H and O–H groups in total. The van der Waals surface area contributed by atoms with Gasteiger partial charge >= 0.3 is 0 Å². The van der Waals surface area contributed by atoms with Crippen molar-refractivity contribution in [2.75, 3.05) is 19.5 Å². The average Bonchev–Trinajstić information content (AvgIpc) is 2.67. The number of benzene rings is 1. The Morgan fingerprint density at radius 3 is 2.00 bits per heavy atom. The molecule has 98 valence electrons. The molecule has 5 heteroatoms. The third kappa shape index (κ3) is 2.90. The largest absolute Gasteiger partial charge is 0.274 e. The monoisotopic (exact) mass is 269 g/mol. The van der Waals surface area contributed by atoms with Crippen LogP contribution in [0.1, 0.15) is 33.6 Å². The van der Waals surface area contributed by atoms with Crippen molar-refractivity contribution in [1.82, 2.24) is 4.90 Å². The van der Waals surface area contributed by atoms with Crippen LogP contribution < -0.4 is 0 Å². The summed E-state index contributed by atoms with van der Waals surface area (Å²) in [4.78, 5) is 24.8. The first-order valence-electron chi connectivity index (χ1n) is 5.71. The molecule has 1 aromatic rings. The topological polar surface area (TPSA) is 37.4 Å². The molecule has 0 atom stereocenters. The number of rotatable bonds is 4. The minimum atomic E-state index is -0.414. The Bertz CT molecular complexity index is 402. The van der Waals surface area contributed by atoms with Crippen LogP contribution in [0.5, 0.6) is 0 Å². The molecule has 0 aliphatic carbocycles. The number of hydrogen-bond acceptors (Lipinski definition) is 3. The molecule has 0 fully saturated rings. The fourth-order valence-electron chi connectivity index (χ4n) is 1.81. The van der Waals surface area contributed by atoms with Gasteiger partial charge in [0, 0.05) is 6.54 Å². The fourth-order valence-corrected chi connectivity index (χ4v) is 1.81. The molecule has 1 aliphatic heterocycles. The molecule has 2 amide bonds. The summed E-state index contributed by atoms with van der Waals surface area (Å²) in [5.41, 5.74) is 0.903. The lowest BCUT2D eigenvalue weighted by Gasteiger charge is -2.12. The Morgan fingerprint density at radius 2 is 1.56 bits per heavy atom. The number of carbonyl (C=O) groups is 2. The lowest BCUT2D eigenvalue weighted by atomic mass is 10.1. The van der Waals surface area contributed by atoms with Gasteiger partial charge in [-0.25, -0.2) is 0 Å². The maximum absolute atomic E-state index is 11.9. The summed E-state index contributed by atoms with van der Waals surface area (Å²) in [6.45, 7) is -0.112. The van der Waals surface area contributed by atoms with E-state index >= 15 is 0 Å². The van der Waals surface area contributed by atoms with E-state index in [1.54, 1.807) is 30.5 Å². The van der Waals surface area contributed by atoms with E-state index < -0.39 is 6.67 Å². The van der Waals surface area contributed by atoms with E-state index in [0.717, 1.165) is 0 Å². The zero-order chi connectivity index (χ0) is 13.5. The van der Waals surface area contributed by atoms with Crippen LogP contribution in [0.4, 0.5) is 4.39 Å². The molecule has 0 radical (unpaired) electrons. The van der Waals surface area contributed by atoms with Gasteiger partial charge in [0.1, 0.15) is 0 Å². The molecule has 3 nitrogen and oxygen atoms in total. The second kappa shape index (κ2) is 7.16. The summed E-state index contributed by atoms with van der Waals surface area (Å²) < 4.78 is 11.9. The summed E-state index contributed by atoms with van der Waals surface area (Å²) in [5.74, 6) is -0.529. The van der Waals surface area contributed by atoms with Crippen LogP contribution in [0.3, 0.4) is 0 Å². The molecule has 0 spiro atoms. The molecule has 18 heavy (non-hydrogen) atoms. The first kappa shape index (κ1) is 14.7. The second-order valence-corrected chi connectivity index (χ2v) is 3.70. The van der Waals surface area contributed by atoms with Gasteiger partial charge in [0.2, 0.25) is 0 Å². The van der Waals surface area contributed by atoms with E-state index in [2.05, 4.69) is 12.6 Å². The average molecular weight is 269 g/mol. The molecule has 0 aromatic heterocycles. The molecule has 0 bridgehead atoms. The zero-order valence-corrected chi connectivity index (χ0v) is 11.1. The standard InChI is InChI=1S/C12H12FNO2.CH4S/c13-7-3-4-8-14-11(15)9-5-1-2-6-10(9)12(14)16;1-2/h1-2,5-6H,3-4,7-8H2;2H,1H3. The van der Waals surface area contributed by atoms with Crippen molar-refractivity contribution in [2.24, 2.45) is 0 Å². The van der Waals surface area contributed by atoms with Crippen LogP contribution in [0.15, 0.2) is 24.3 Å². The van der Waals surface area contributed by atoms with Crippen molar-refractivity contribution in [3.8, 4) is 0 Å². The number of fused-ring (bicyclic) bond motifs is 1. The zero-order valence-electron chi connectivity index (χ0n) is 10.2. The number of amides is 2. The van der Waals surface area contributed by atoms with E-state index in [-0.39, 0.29) is 11.8 Å². The highest BCUT2D eigenvalue weighted by atomic mass is 32.1. The van der Waals surface area contributed by atoms with Crippen molar-refractivity contribution in [2.45, 2.75) is 12.8 Å². The molecular formula is C13H16FNO2S. The van der Waals surface area contributed by atoms with Gasteiger partial charge in [0.05, 0.1) is 17.8 Å². The SMILES string of the molecule is CS.O=C1c2ccccc2C(=O)N1CCCCF. The van der Waals surface area contributed by atoms with Crippen LogP contribution >= 0.6 is 12.6 Å². The molecule has 0 saturated heterocycles. The molecular weight excluding hydrogens is 253 g/mol. The van der Waals surface area contributed by atoms with E-state index in [0.29, 0.717) is 30.5 Å². The predicted molar refractivity (Wildman–Crippen MR) is 71.9 cm³/mol. The normalized spacial score (nSPS) is 13.2. The first-order valence-corrected chi connectivity index (χ1v) is 6.61. The number of halogens is 1. The van der Waals surface area contributed by atoms with E-state index in [1.165, 1.54) is 4.90 Å². The van der Waals surface area contributed by atoms with Gasteiger partial charge in [-0.15, -0.1) is 0 Å². The van der Waals surface area contributed by atoms with Crippen molar-refractivity contribution < 1.29 is 14.0 Å². The van der Waals surface area contributed by atoms with Gasteiger partial charge in [0.25, 0.3) is 11.8 Å². The maximum Gasteiger partial charge on any atom is 0.261 e. The smallest absolute Gasteiger partial charge is 0.261 e. The number of hydrogen-bond donors (Lipinski definition) is 1. The summed E-state index contributed by atoms with van der Waals surface area (Å²) in [7, 11) is 0. The molecule has 0 saturated carbocycles. The van der Waals surface area contributed by atoms with E-state index in [9.17, 15) is 14.0 Å². The number of nitrogens with zero attached hydrogens (tertiary/aromatic N) is 1. The van der Waals surface area contributed by atoms with Crippen molar-refractivity contribution in [3.05, 3.63) is 35.4 Å². The highest BCUT2D eigenvalue weighted by Gasteiger charge is 2.34. The van der Waals surface area contributed by atoms with Gasteiger partial charge in [-0.3, -0.25) is 18.9 Å². The number of alkyl halides is 1. The summed E-state index contributed by atoms with van der Waals surface area (Å²) in [6, 6.07) is 6.75. The third-order valence-corrected chi connectivity index (χ3v) is 2.64. The number of carbonyl (C=O) groups excluding carboxylic acids is 2. The van der Waals surface area contributed by atoms with E-state index in [4.69, 9.17) is 0 Å². The molecule has 0 unspecified atom stereocenters. The van der Waals surface area contributed by atoms with Crippen LogP contribution in [0.25, 0.3) is 0 Å². The lowest BCUT2D eigenvalue weighted by molar-refractivity contribution is 0.0650. The van der Waals surface area contributed by atoms with E-state index in [1.807, 2.05) is 0 Å². The Balaban J connectivity index is 0.000000771. The summed E-state index contributed by atoms with van der Waals surface area (Å²) >= 11 is 3.53. The third-order valence-electron chi connectivity index (χ3n) is 2.64. The van der Waals surface area contributed by atoms with Crippen LogP contribution in [-0.2, 0) is 0 Å². The first-order chi connectivity index (χ1) is 8.75. The Morgan fingerprint density at radius 1 is 1.06 bits per heavy atom. The van der Waals surface area contributed by atoms with Crippen molar-refractivity contribution in [3.63, 3.8) is 0 Å². The number of imide groups is 1. The van der Waals surface area contributed by atoms with Crippen molar-refractivity contribution >= 4 is 24.4 Å². The lowest BCUT2D eigenvalue weighted by Crippen LogP contribution is -2.30. The molecule has 1 aliphatic rings. The van der Waals surface area contributed by atoms with Crippen molar-refractivity contribution in [1.29, 1.82) is 0 Å². The Hall–Kier alpha value is -1.36. The van der Waals surface area contributed by atoms with Gasteiger partial charge in [0.15, 0.2) is 0 Å². The highest BCUT2D eigenvalue weighted by Crippen LogP contribution is 2.22. The second-order valence-electron chi connectivity index (χ2n) is 3.70. The Kier molecular flexibility index (Phi) is 5.85. The summed E-state index contributed by atoms with van der Waals surface area (Å²) in [6.07, 6.45) is 2.59. The molecule has 1 aromatic carbocycles. The molecule has 2 rings (SSSR count). The predicted octanol–water partition coefficient (Wildman–Crippen LogP) is 2.58. The number of thiol groups is 1. The van der Waals surface area contributed by atoms with Gasteiger partial charge in [-0.2, -0.15) is 12.6 Å². The van der Waals surface area contributed by atoms with Crippen LogP contribution in [0.2, 0.25) is 0 Å². The van der Waals surface area contributed by atoms with Gasteiger partial charge in [-0.05, 0) is 31.2 Å². The highest BCUT2D eigenvalue weighted by molar-refractivity contribution is 7.79. The Labute approximate surface area is 111 Å². The van der Waals surface area contributed by atoms with Gasteiger partial charge < -0.3 is 0 Å². The minimum Gasteiger partial charge on any atom is -0.274 e. The van der Waals surface area contributed by atoms with Crippen LogP contribution in [-0.4, -0.2) is 36.2 Å². The maximum atomic E-state index is 11.9. The molecule has 1 heterocycles. The fraction of sp³-hybridized carbons (Fsp3) is 0.385. The summed E-state index contributed by atoms with van der Waals surface area (Å²) in [5, 5.41) is 0. The van der Waals surface area contributed by atoms with Gasteiger partial charge in [-0.1, -0.05) is 12.1 Å². The number of unbranched alkanes of at least 4 members (excludes halogenated alkanes) is 1. The van der Waals surface area contributed by atoms with Crippen LogP contribution in [0, 0.1) is 0 Å².